The predicted octanol–water partition coefficient (Wildman–Crippen LogP) is 5.98. The summed E-state index contributed by atoms with van der Waals surface area (Å²) in [6.45, 7) is 9.27. The van der Waals surface area contributed by atoms with E-state index in [1.807, 2.05) is 55.3 Å². The fraction of sp³-hybridized carbons (Fsp3) is 0.378. The molecule has 10 heteroatoms. The van der Waals surface area contributed by atoms with Gasteiger partial charge in [0.05, 0.1) is 36.1 Å². The summed E-state index contributed by atoms with van der Waals surface area (Å²) < 4.78 is 17.7. The number of aromatic nitrogens is 2. The number of unbranched alkanes of at least 4 members (excludes halogenated alkanes) is 1. The highest BCUT2D eigenvalue weighted by atomic mass is 16.5. The lowest BCUT2D eigenvalue weighted by molar-refractivity contribution is 0.0559. The number of hydrogen-bond acceptors (Lipinski definition) is 8. The van der Waals surface area contributed by atoms with Gasteiger partial charge in [0, 0.05) is 38.4 Å². The van der Waals surface area contributed by atoms with Gasteiger partial charge >= 0.3 is 0 Å². The van der Waals surface area contributed by atoms with E-state index in [0.29, 0.717) is 73.3 Å². The van der Waals surface area contributed by atoms with Gasteiger partial charge in [-0.25, -0.2) is 4.98 Å². The van der Waals surface area contributed by atoms with Gasteiger partial charge in [0.25, 0.3) is 5.91 Å². The number of carbonyl (C=O) groups is 1. The average molecular weight is 638 g/mol. The summed E-state index contributed by atoms with van der Waals surface area (Å²) in [5.41, 5.74) is 4.05. The van der Waals surface area contributed by atoms with Crippen molar-refractivity contribution in [3.8, 4) is 29.1 Å². The Hall–Kier alpha value is -4.85. The number of carbonyl (C=O) groups excluding carboxylic acids is 1. The van der Waals surface area contributed by atoms with Crippen LogP contribution in [0.25, 0.3) is 0 Å². The third kappa shape index (κ3) is 8.70. The number of nitrogens with one attached hydrogen (secondary N) is 1. The summed E-state index contributed by atoms with van der Waals surface area (Å²) in [6.07, 6.45) is 4.49. The lowest BCUT2D eigenvalue weighted by atomic mass is 9.99. The molecule has 1 fully saturated rings. The first-order valence-electron chi connectivity index (χ1n) is 16.2. The molecule has 2 heterocycles. The van der Waals surface area contributed by atoms with Gasteiger partial charge in [-0.1, -0.05) is 37.1 Å². The smallest absolute Gasteiger partial charge is 0.257 e. The van der Waals surface area contributed by atoms with E-state index >= 15 is 0 Å². The number of aliphatic hydroxyl groups is 1. The predicted molar refractivity (Wildman–Crippen MR) is 179 cm³/mol. The number of rotatable bonds is 14. The maximum Gasteiger partial charge on any atom is 0.257 e. The molecule has 2 N–H and O–H groups in total. The standard InChI is InChI=1S/C37H43N5O5/c1-4-5-18-46-35-12-9-26(2)20-32(35)37(44)42-15-13-41(14-16-42)34(33-25-39-27(3)40-33)21-28-10-11-29(24-38)36(22-28)47-31-8-6-7-30(23-31)45-19-17-43/h6-12,20,22-23,25,34,43H,4-5,13-19,21H2,1-3H3,(H,39,40). The number of hydrogen-bond donors (Lipinski definition) is 2. The van der Waals surface area contributed by atoms with Crippen molar-refractivity contribution in [2.24, 2.45) is 0 Å². The van der Waals surface area contributed by atoms with Crippen LogP contribution in [-0.2, 0) is 6.42 Å². The minimum absolute atomic E-state index is 0.00602. The van der Waals surface area contributed by atoms with Crippen LogP contribution in [-0.4, -0.2) is 76.8 Å². The van der Waals surface area contributed by atoms with Gasteiger partial charge in [-0.2, -0.15) is 5.26 Å². The topological polar surface area (TPSA) is 124 Å². The summed E-state index contributed by atoms with van der Waals surface area (Å²) in [5, 5.41) is 18.9. The third-order valence-corrected chi connectivity index (χ3v) is 8.23. The van der Waals surface area contributed by atoms with Crippen molar-refractivity contribution in [3.63, 3.8) is 0 Å². The van der Waals surface area contributed by atoms with Crippen molar-refractivity contribution in [2.45, 2.75) is 46.1 Å². The number of imidazole rings is 1. The molecular weight excluding hydrogens is 594 g/mol. The van der Waals surface area contributed by atoms with E-state index in [0.717, 1.165) is 35.5 Å². The zero-order valence-corrected chi connectivity index (χ0v) is 27.4. The molecule has 4 aromatic rings. The zero-order chi connectivity index (χ0) is 33.2. The molecule has 0 saturated carbocycles. The van der Waals surface area contributed by atoms with Crippen molar-refractivity contribution in [1.29, 1.82) is 5.26 Å². The Kier molecular flexibility index (Phi) is 11.5. The zero-order valence-electron chi connectivity index (χ0n) is 27.4. The number of nitriles is 1. The van der Waals surface area contributed by atoms with Crippen molar-refractivity contribution < 1.29 is 24.1 Å². The van der Waals surface area contributed by atoms with Gasteiger partial charge in [0.15, 0.2) is 0 Å². The minimum Gasteiger partial charge on any atom is -0.493 e. The van der Waals surface area contributed by atoms with E-state index < -0.39 is 0 Å². The fourth-order valence-corrected chi connectivity index (χ4v) is 5.73. The van der Waals surface area contributed by atoms with Crippen molar-refractivity contribution in [1.82, 2.24) is 19.8 Å². The summed E-state index contributed by atoms with van der Waals surface area (Å²) >= 11 is 0. The number of piperazine rings is 1. The summed E-state index contributed by atoms with van der Waals surface area (Å²) in [5.74, 6) is 3.03. The number of H-pyrrole nitrogens is 1. The Morgan fingerprint density at radius 1 is 1.00 bits per heavy atom. The molecule has 0 aliphatic carbocycles. The van der Waals surface area contributed by atoms with Gasteiger partial charge in [-0.05, 0) is 68.7 Å². The van der Waals surface area contributed by atoms with Gasteiger partial charge in [0.1, 0.15) is 41.5 Å². The molecule has 0 bridgehead atoms. The molecule has 1 amide bonds. The lowest BCUT2D eigenvalue weighted by Crippen LogP contribution is -2.50. The van der Waals surface area contributed by atoms with Gasteiger partial charge in [-0.15, -0.1) is 0 Å². The second-order valence-electron chi connectivity index (χ2n) is 11.8. The summed E-state index contributed by atoms with van der Waals surface area (Å²) in [6, 6.07) is 20.8. The maximum atomic E-state index is 13.7. The number of ether oxygens (including phenoxy) is 3. The second-order valence-corrected chi connectivity index (χ2v) is 11.8. The first kappa shape index (κ1) is 33.5. The summed E-state index contributed by atoms with van der Waals surface area (Å²) in [4.78, 5) is 25.9. The van der Waals surface area contributed by atoms with Gasteiger partial charge < -0.3 is 29.2 Å². The SMILES string of the molecule is CCCCOc1ccc(C)cc1C(=O)N1CCN(C(Cc2ccc(C#N)c(Oc3cccc(OCCO)c3)c2)c2cnc(C)[nH]2)CC1. The van der Waals surface area contributed by atoms with Gasteiger partial charge in [-0.3, -0.25) is 9.69 Å². The van der Waals surface area contributed by atoms with Crippen LogP contribution in [0.3, 0.4) is 0 Å². The van der Waals surface area contributed by atoms with E-state index in [4.69, 9.17) is 19.3 Å². The highest BCUT2D eigenvalue weighted by Crippen LogP contribution is 2.32. The van der Waals surface area contributed by atoms with Crippen LogP contribution in [0.5, 0.6) is 23.0 Å². The Bertz CT molecular complexity index is 1690. The summed E-state index contributed by atoms with van der Waals surface area (Å²) in [7, 11) is 0. The Morgan fingerprint density at radius 3 is 2.53 bits per heavy atom. The fourth-order valence-electron chi connectivity index (χ4n) is 5.73. The van der Waals surface area contributed by atoms with E-state index in [1.165, 1.54) is 0 Å². The van der Waals surface area contributed by atoms with Crippen LogP contribution in [0.15, 0.2) is 66.9 Å². The number of aromatic amines is 1. The molecule has 1 aliphatic heterocycles. The van der Waals surface area contributed by atoms with Crippen LogP contribution in [0.2, 0.25) is 0 Å². The number of aryl methyl sites for hydroxylation is 2. The highest BCUT2D eigenvalue weighted by Gasteiger charge is 2.30. The number of nitrogens with zero attached hydrogens (tertiary/aromatic N) is 4. The largest absolute Gasteiger partial charge is 0.493 e. The second kappa shape index (κ2) is 16.1. The molecule has 246 valence electrons. The van der Waals surface area contributed by atoms with Crippen LogP contribution >= 0.6 is 0 Å². The molecule has 10 nitrogen and oxygen atoms in total. The molecule has 5 rings (SSSR count). The van der Waals surface area contributed by atoms with E-state index in [2.05, 4.69) is 27.9 Å². The molecule has 47 heavy (non-hydrogen) atoms. The van der Waals surface area contributed by atoms with E-state index in [-0.39, 0.29) is 25.2 Å². The normalized spacial score (nSPS) is 14.0. The Morgan fingerprint density at radius 2 is 1.81 bits per heavy atom. The molecule has 0 spiro atoms. The van der Waals surface area contributed by atoms with Gasteiger partial charge in [0.2, 0.25) is 0 Å². The molecule has 1 unspecified atom stereocenters. The Balaban J connectivity index is 1.32. The molecule has 1 atom stereocenters. The van der Waals surface area contributed by atoms with Crippen LogP contribution in [0.4, 0.5) is 0 Å². The quantitative estimate of drug-likeness (QED) is 0.162. The number of amides is 1. The maximum absolute atomic E-state index is 13.7. The average Bonchev–Trinajstić information content (AvgIpc) is 3.52. The van der Waals surface area contributed by atoms with Crippen molar-refractivity contribution in [3.05, 3.63) is 101 Å². The highest BCUT2D eigenvalue weighted by molar-refractivity contribution is 5.97. The van der Waals surface area contributed by atoms with Crippen molar-refractivity contribution >= 4 is 5.91 Å². The molecule has 1 saturated heterocycles. The van der Waals surface area contributed by atoms with E-state index in [9.17, 15) is 10.1 Å². The van der Waals surface area contributed by atoms with Crippen LogP contribution < -0.4 is 14.2 Å². The molecular formula is C37H43N5O5. The minimum atomic E-state index is -0.0875. The molecule has 1 aliphatic rings. The lowest BCUT2D eigenvalue weighted by Gasteiger charge is -2.39. The third-order valence-electron chi connectivity index (χ3n) is 8.23. The van der Waals surface area contributed by atoms with Crippen LogP contribution in [0, 0.1) is 25.2 Å². The number of benzene rings is 3. The van der Waals surface area contributed by atoms with Crippen molar-refractivity contribution in [2.75, 3.05) is 46.0 Å². The first-order valence-corrected chi connectivity index (χ1v) is 16.2. The van der Waals surface area contributed by atoms with E-state index in [1.54, 1.807) is 30.3 Å². The molecule has 1 aromatic heterocycles. The van der Waals surface area contributed by atoms with Crippen LogP contribution in [0.1, 0.15) is 64.4 Å². The monoisotopic (exact) mass is 637 g/mol. The number of aliphatic hydroxyl groups excluding tert-OH is 1. The molecule has 0 radical (unpaired) electrons. The first-order chi connectivity index (χ1) is 22.9. The Labute approximate surface area is 276 Å². The molecule has 3 aromatic carbocycles.